The Kier molecular flexibility index (Phi) is 5.53. The number of sulfonamides is 1. The first-order valence-electron chi connectivity index (χ1n) is 10.4. The van der Waals surface area contributed by atoms with Gasteiger partial charge in [-0.15, -0.1) is 0 Å². The zero-order valence-electron chi connectivity index (χ0n) is 18.0. The van der Waals surface area contributed by atoms with E-state index in [1.807, 2.05) is 6.07 Å². The molecule has 0 spiro atoms. The molecule has 2 aromatic carbocycles. The molecule has 2 aliphatic rings. The lowest BCUT2D eigenvalue weighted by Crippen LogP contribution is -2.40. The highest BCUT2D eigenvalue weighted by Crippen LogP contribution is 2.43. The quantitative estimate of drug-likeness (QED) is 0.750. The number of anilines is 2. The second-order valence-corrected chi connectivity index (χ2v) is 10.5. The molecule has 4 rings (SSSR count). The Labute approximate surface area is 187 Å². The summed E-state index contributed by atoms with van der Waals surface area (Å²) >= 11 is 0. The van der Waals surface area contributed by atoms with E-state index in [2.05, 4.69) is 5.32 Å². The van der Waals surface area contributed by atoms with Gasteiger partial charge in [-0.05, 0) is 68.7 Å². The van der Waals surface area contributed by atoms with Crippen molar-refractivity contribution in [2.24, 2.45) is 0 Å². The minimum absolute atomic E-state index is 0.165. The van der Waals surface area contributed by atoms with Crippen LogP contribution in [0.25, 0.3) is 0 Å². The van der Waals surface area contributed by atoms with E-state index in [1.165, 1.54) is 15.3 Å². The standard InChI is InChI=1S/C23H24N4O4S/c1-23(2)19-13-18(32(30,31)26-10-3-4-11-26)8-9-20(19)27(22(23)29)15-21(28)25-17-7-5-6-16(12-17)14-24/h5-9,12-13H,3-4,10-11,15H2,1-2H3,(H,25,28). The third-order valence-corrected chi connectivity index (χ3v) is 7.89. The van der Waals surface area contributed by atoms with E-state index in [0.29, 0.717) is 35.6 Å². The summed E-state index contributed by atoms with van der Waals surface area (Å²) in [5.74, 6) is -0.685. The van der Waals surface area contributed by atoms with Gasteiger partial charge in [-0.2, -0.15) is 9.57 Å². The number of carbonyl (C=O) groups excluding carboxylic acids is 2. The van der Waals surface area contributed by atoms with Gasteiger partial charge in [0, 0.05) is 24.5 Å². The smallest absolute Gasteiger partial charge is 0.244 e. The largest absolute Gasteiger partial charge is 0.324 e. The minimum Gasteiger partial charge on any atom is -0.324 e. The molecular formula is C23H24N4O4S. The number of carbonyl (C=O) groups is 2. The number of nitrogens with zero attached hydrogens (tertiary/aromatic N) is 3. The van der Waals surface area contributed by atoms with Gasteiger partial charge in [0.1, 0.15) is 6.54 Å². The maximum Gasteiger partial charge on any atom is 0.244 e. The van der Waals surface area contributed by atoms with E-state index in [1.54, 1.807) is 50.2 Å². The SMILES string of the molecule is CC1(C)C(=O)N(CC(=O)Nc2cccc(C#N)c2)c2ccc(S(=O)(=O)N3CCCC3)cc21. The lowest BCUT2D eigenvalue weighted by atomic mass is 9.86. The fourth-order valence-corrected chi connectivity index (χ4v) is 5.76. The van der Waals surface area contributed by atoms with Gasteiger partial charge < -0.3 is 10.2 Å². The zero-order chi connectivity index (χ0) is 23.1. The maximum absolute atomic E-state index is 13.1. The molecule has 0 aromatic heterocycles. The van der Waals surface area contributed by atoms with Gasteiger partial charge in [0.05, 0.1) is 21.9 Å². The summed E-state index contributed by atoms with van der Waals surface area (Å²) in [6.07, 6.45) is 1.68. The number of rotatable bonds is 5. The second-order valence-electron chi connectivity index (χ2n) is 8.55. The molecule has 0 bridgehead atoms. The molecule has 2 aromatic rings. The predicted octanol–water partition coefficient (Wildman–Crippen LogP) is 2.61. The van der Waals surface area contributed by atoms with Gasteiger partial charge in [-0.25, -0.2) is 8.42 Å². The first-order valence-corrected chi connectivity index (χ1v) is 11.9. The molecule has 2 heterocycles. The summed E-state index contributed by atoms with van der Waals surface area (Å²) in [7, 11) is -3.62. The van der Waals surface area contributed by atoms with Crippen molar-refractivity contribution < 1.29 is 18.0 Å². The third kappa shape index (κ3) is 3.76. The lowest BCUT2D eigenvalue weighted by molar-refractivity contribution is -0.124. The second kappa shape index (κ2) is 8.04. The van der Waals surface area contributed by atoms with Crippen LogP contribution in [0.4, 0.5) is 11.4 Å². The topological polar surface area (TPSA) is 111 Å². The molecule has 0 saturated carbocycles. The number of benzene rings is 2. The molecule has 0 atom stereocenters. The van der Waals surface area contributed by atoms with Crippen LogP contribution in [0.5, 0.6) is 0 Å². The Morgan fingerprint density at radius 1 is 1.16 bits per heavy atom. The number of amides is 2. The molecule has 0 radical (unpaired) electrons. The monoisotopic (exact) mass is 452 g/mol. The van der Waals surface area contributed by atoms with Crippen molar-refractivity contribution in [3.63, 3.8) is 0 Å². The molecule has 2 aliphatic heterocycles. The molecule has 1 saturated heterocycles. The fourth-order valence-electron chi connectivity index (χ4n) is 4.22. The molecule has 2 amide bonds. The van der Waals surface area contributed by atoms with Crippen molar-refractivity contribution in [1.82, 2.24) is 4.31 Å². The number of hydrogen-bond donors (Lipinski definition) is 1. The number of nitriles is 1. The molecule has 1 N–H and O–H groups in total. The molecule has 1 fully saturated rings. The molecule has 0 aliphatic carbocycles. The van der Waals surface area contributed by atoms with Crippen LogP contribution in [0.15, 0.2) is 47.4 Å². The number of fused-ring (bicyclic) bond motifs is 1. The fraction of sp³-hybridized carbons (Fsp3) is 0.348. The van der Waals surface area contributed by atoms with Crippen molar-refractivity contribution in [1.29, 1.82) is 5.26 Å². The summed E-state index contributed by atoms with van der Waals surface area (Å²) in [5.41, 5.74) is 1.03. The number of nitrogens with one attached hydrogen (secondary N) is 1. The van der Waals surface area contributed by atoms with Gasteiger partial charge in [0.15, 0.2) is 0 Å². The van der Waals surface area contributed by atoms with Gasteiger partial charge in [0.25, 0.3) is 0 Å². The summed E-state index contributed by atoms with van der Waals surface area (Å²) < 4.78 is 27.4. The van der Waals surface area contributed by atoms with Gasteiger partial charge in [-0.3, -0.25) is 9.59 Å². The lowest BCUT2D eigenvalue weighted by Gasteiger charge is -2.20. The van der Waals surface area contributed by atoms with Gasteiger partial charge >= 0.3 is 0 Å². The molecule has 166 valence electrons. The van der Waals surface area contributed by atoms with Crippen LogP contribution in [-0.2, 0) is 25.0 Å². The van der Waals surface area contributed by atoms with Crippen LogP contribution in [0.2, 0.25) is 0 Å². The van der Waals surface area contributed by atoms with Crippen molar-refractivity contribution in [2.75, 3.05) is 29.9 Å². The summed E-state index contributed by atoms with van der Waals surface area (Å²) in [5, 5.41) is 11.7. The molecule has 8 nitrogen and oxygen atoms in total. The Hall–Kier alpha value is -3.22. The van der Waals surface area contributed by atoms with Crippen molar-refractivity contribution in [3.05, 3.63) is 53.6 Å². The summed E-state index contributed by atoms with van der Waals surface area (Å²) in [6, 6.07) is 13.2. The molecule has 32 heavy (non-hydrogen) atoms. The average Bonchev–Trinajstić information content (AvgIpc) is 3.37. The van der Waals surface area contributed by atoms with Crippen LogP contribution in [0.3, 0.4) is 0 Å². The van der Waals surface area contributed by atoms with E-state index in [-0.39, 0.29) is 17.3 Å². The minimum atomic E-state index is -3.62. The highest BCUT2D eigenvalue weighted by Gasteiger charge is 2.45. The first-order chi connectivity index (χ1) is 15.1. The van der Waals surface area contributed by atoms with E-state index >= 15 is 0 Å². The molecule has 9 heteroatoms. The van der Waals surface area contributed by atoms with Gasteiger partial charge in [-0.1, -0.05) is 6.07 Å². The first kappa shape index (κ1) is 22.0. The Balaban J connectivity index is 1.60. The molecular weight excluding hydrogens is 428 g/mol. The summed E-state index contributed by atoms with van der Waals surface area (Å²) in [6.45, 7) is 4.25. The Bertz CT molecular complexity index is 1240. The highest BCUT2D eigenvalue weighted by molar-refractivity contribution is 7.89. The van der Waals surface area contributed by atoms with E-state index in [9.17, 15) is 18.0 Å². The van der Waals surface area contributed by atoms with E-state index < -0.39 is 21.3 Å². The number of hydrogen-bond acceptors (Lipinski definition) is 5. The average molecular weight is 453 g/mol. The summed E-state index contributed by atoms with van der Waals surface area (Å²) in [4.78, 5) is 27.3. The molecule has 0 unspecified atom stereocenters. The normalized spacial score (nSPS) is 17.8. The van der Waals surface area contributed by atoms with E-state index in [4.69, 9.17) is 5.26 Å². The van der Waals surface area contributed by atoms with Gasteiger partial charge in [0.2, 0.25) is 21.8 Å². The third-order valence-electron chi connectivity index (χ3n) is 5.99. The van der Waals surface area contributed by atoms with Crippen LogP contribution in [-0.4, -0.2) is 44.2 Å². The van der Waals surface area contributed by atoms with Crippen molar-refractivity contribution in [2.45, 2.75) is 37.0 Å². The van der Waals surface area contributed by atoms with E-state index in [0.717, 1.165) is 12.8 Å². The predicted molar refractivity (Wildman–Crippen MR) is 120 cm³/mol. The van der Waals surface area contributed by atoms with Crippen LogP contribution >= 0.6 is 0 Å². The highest BCUT2D eigenvalue weighted by atomic mass is 32.2. The Morgan fingerprint density at radius 3 is 2.56 bits per heavy atom. The van der Waals surface area contributed by atoms with Crippen LogP contribution < -0.4 is 10.2 Å². The zero-order valence-corrected chi connectivity index (χ0v) is 18.8. The van der Waals surface area contributed by atoms with Crippen molar-refractivity contribution in [3.8, 4) is 6.07 Å². The Morgan fingerprint density at radius 2 is 1.88 bits per heavy atom. The van der Waals surface area contributed by atoms with Crippen LogP contribution in [0.1, 0.15) is 37.8 Å². The van der Waals surface area contributed by atoms with Crippen LogP contribution in [0, 0.1) is 11.3 Å². The van der Waals surface area contributed by atoms with Crippen molar-refractivity contribution >= 4 is 33.2 Å². The maximum atomic E-state index is 13.1.